The molecule has 0 spiro atoms. The fourth-order valence-electron chi connectivity index (χ4n) is 1.80. The molecule has 0 radical (unpaired) electrons. The fourth-order valence-corrected chi connectivity index (χ4v) is 1.80. The van der Waals surface area contributed by atoms with Crippen LogP contribution in [-0.2, 0) is 9.53 Å². The average Bonchev–Trinajstić information content (AvgIpc) is 2.18. The summed E-state index contributed by atoms with van der Waals surface area (Å²) in [4.78, 5) is 13.6. The Morgan fingerprint density at radius 2 is 1.93 bits per heavy atom. The van der Waals surface area contributed by atoms with Crippen LogP contribution in [-0.4, -0.2) is 48.8 Å². The number of carbonyl (C=O) groups is 1. The smallest absolute Gasteiger partial charge is 0.338 e. The molecule has 0 aromatic carbocycles. The normalized spacial score (nSPS) is 20.3. The molecule has 88 valence electrons. The number of hydrogen-bond acceptors (Lipinski definition) is 4. The maximum atomic E-state index is 11.6. The van der Waals surface area contributed by atoms with Crippen molar-refractivity contribution in [2.45, 2.75) is 37.7 Å². The molecule has 0 unspecified atom stereocenters. The third-order valence-corrected chi connectivity index (χ3v) is 2.83. The zero-order chi connectivity index (χ0) is 11.3. The number of likely N-dealkylation sites (N-methyl/N-ethyl adjacent to an activating group) is 1. The van der Waals surface area contributed by atoms with E-state index in [1.165, 1.54) is 0 Å². The third kappa shape index (κ3) is 3.80. The zero-order valence-electron chi connectivity index (χ0n) is 9.66. The maximum Gasteiger partial charge on any atom is 0.338 e. The van der Waals surface area contributed by atoms with Gasteiger partial charge in [0.1, 0.15) is 6.61 Å². The van der Waals surface area contributed by atoms with Gasteiger partial charge in [0.25, 0.3) is 0 Å². The quantitative estimate of drug-likeness (QED) is 0.704. The number of ether oxygens (including phenoxy) is 1. The van der Waals surface area contributed by atoms with Crippen molar-refractivity contribution in [3.05, 3.63) is 0 Å². The first kappa shape index (κ1) is 12.5. The van der Waals surface area contributed by atoms with Gasteiger partial charge in [0, 0.05) is 6.54 Å². The van der Waals surface area contributed by atoms with Crippen LogP contribution in [0.2, 0.25) is 0 Å². The maximum absolute atomic E-state index is 11.6. The Morgan fingerprint density at radius 1 is 1.33 bits per heavy atom. The number of hydrogen-bond donors (Lipinski definition) is 1. The third-order valence-electron chi connectivity index (χ3n) is 2.83. The minimum atomic E-state index is -1.20. The number of carbonyl (C=O) groups excluding carboxylic acids is 1. The Bertz CT molecular complexity index is 210. The highest BCUT2D eigenvalue weighted by Crippen LogP contribution is 2.28. The molecule has 15 heavy (non-hydrogen) atoms. The van der Waals surface area contributed by atoms with Crippen LogP contribution < -0.4 is 0 Å². The first-order valence-corrected chi connectivity index (χ1v) is 5.59. The van der Waals surface area contributed by atoms with Crippen molar-refractivity contribution in [2.24, 2.45) is 0 Å². The molecule has 1 aliphatic rings. The van der Waals surface area contributed by atoms with Crippen LogP contribution in [0.1, 0.15) is 32.1 Å². The van der Waals surface area contributed by atoms with Crippen LogP contribution in [0.3, 0.4) is 0 Å². The molecule has 0 aliphatic heterocycles. The molecule has 0 aromatic heterocycles. The Labute approximate surface area is 91.2 Å². The van der Waals surface area contributed by atoms with Gasteiger partial charge in [-0.15, -0.1) is 0 Å². The van der Waals surface area contributed by atoms with E-state index in [0.29, 0.717) is 26.0 Å². The van der Waals surface area contributed by atoms with Gasteiger partial charge in [-0.05, 0) is 39.8 Å². The SMILES string of the molecule is CN(C)CCOC(=O)C1(O)CCCCC1. The van der Waals surface area contributed by atoms with Crippen molar-refractivity contribution >= 4 is 5.97 Å². The lowest BCUT2D eigenvalue weighted by molar-refractivity contribution is -0.169. The molecular formula is C11H21NO3. The van der Waals surface area contributed by atoms with Crippen LogP contribution in [0.15, 0.2) is 0 Å². The summed E-state index contributed by atoms with van der Waals surface area (Å²) in [5, 5.41) is 10.0. The van der Waals surface area contributed by atoms with Crippen molar-refractivity contribution in [2.75, 3.05) is 27.2 Å². The van der Waals surface area contributed by atoms with Crippen molar-refractivity contribution in [1.82, 2.24) is 4.90 Å². The second kappa shape index (κ2) is 5.47. The van der Waals surface area contributed by atoms with Gasteiger partial charge in [0.15, 0.2) is 5.60 Å². The number of aliphatic hydroxyl groups is 1. The lowest BCUT2D eigenvalue weighted by Crippen LogP contribution is -2.42. The van der Waals surface area contributed by atoms with Gasteiger partial charge in [-0.25, -0.2) is 4.79 Å². The predicted octanol–water partition coefficient (Wildman–Crippen LogP) is 0.786. The predicted molar refractivity (Wildman–Crippen MR) is 57.5 cm³/mol. The van der Waals surface area contributed by atoms with E-state index < -0.39 is 11.6 Å². The number of esters is 1. The highest BCUT2D eigenvalue weighted by atomic mass is 16.5. The van der Waals surface area contributed by atoms with Gasteiger partial charge in [0.2, 0.25) is 0 Å². The summed E-state index contributed by atoms with van der Waals surface area (Å²) in [6.07, 6.45) is 4.04. The fraction of sp³-hybridized carbons (Fsp3) is 0.909. The molecular weight excluding hydrogens is 194 g/mol. The summed E-state index contributed by atoms with van der Waals surface area (Å²) in [5.41, 5.74) is -1.20. The van der Waals surface area contributed by atoms with E-state index >= 15 is 0 Å². The topological polar surface area (TPSA) is 49.8 Å². The molecule has 0 bridgehead atoms. The van der Waals surface area contributed by atoms with E-state index in [-0.39, 0.29) is 0 Å². The van der Waals surface area contributed by atoms with E-state index in [1.807, 2.05) is 19.0 Å². The van der Waals surface area contributed by atoms with Gasteiger partial charge in [-0.3, -0.25) is 0 Å². The van der Waals surface area contributed by atoms with Crippen LogP contribution in [0.4, 0.5) is 0 Å². The number of nitrogens with zero attached hydrogens (tertiary/aromatic N) is 1. The van der Waals surface area contributed by atoms with Gasteiger partial charge >= 0.3 is 5.97 Å². The summed E-state index contributed by atoms with van der Waals surface area (Å²) in [5.74, 6) is -0.441. The molecule has 1 rings (SSSR count). The second-order valence-electron chi connectivity index (χ2n) is 4.53. The lowest BCUT2D eigenvalue weighted by atomic mass is 9.85. The standard InChI is InChI=1S/C11H21NO3/c1-12(2)8-9-15-10(13)11(14)6-4-3-5-7-11/h14H,3-9H2,1-2H3. The summed E-state index contributed by atoms with van der Waals surface area (Å²) in [6, 6.07) is 0. The van der Waals surface area contributed by atoms with Crippen LogP contribution in [0, 0.1) is 0 Å². The highest BCUT2D eigenvalue weighted by Gasteiger charge is 2.38. The highest BCUT2D eigenvalue weighted by molar-refractivity contribution is 5.79. The summed E-state index contributed by atoms with van der Waals surface area (Å²) < 4.78 is 5.06. The van der Waals surface area contributed by atoms with E-state index in [4.69, 9.17) is 4.74 Å². The molecule has 1 N–H and O–H groups in total. The number of rotatable bonds is 4. The largest absolute Gasteiger partial charge is 0.462 e. The Morgan fingerprint density at radius 3 is 2.47 bits per heavy atom. The van der Waals surface area contributed by atoms with Crippen LogP contribution in [0.25, 0.3) is 0 Å². The molecule has 4 nitrogen and oxygen atoms in total. The van der Waals surface area contributed by atoms with Gasteiger partial charge in [-0.2, -0.15) is 0 Å². The molecule has 1 aliphatic carbocycles. The first-order valence-electron chi connectivity index (χ1n) is 5.59. The monoisotopic (exact) mass is 215 g/mol. The molecule has 4 heteroatoms. The minimum absolute atomic E-state index is 0.355. The molecule has 1 saturated carbocycles. The second-order valence-corrected chi connectivity index (χ2v) is 4.53. The summed E-state index contributed by atoms with van der Waals surface area (Å²) in [6.45, 7) is 1.05. The first-order chi connectivity index (χ1) is 7.04. The lowest BCUT2D eigenvalue weighted by Gasteiger charge is -2.29. The van der Waals surface area contributed by atoms with E-state index in [2.05, 4.69) is 0 Å². The van der Waals surface area contributed by atoms with Crippen molar-refractivity contribution < 1.29 is 14.6 Å². The Kier molecular flexibility index (Phi) is 4.54. The molecule has 0 saturated heterocycles. The summed E-state index contributed by atoms with van der Waals surface area (Å²) >= 11 is 0. The molecule has 0 aromatic rings. The molecule has 0 atom stereocenters. The molecule has 0 amide bonds. The minimum Gasteiger partial charge on any atom is -0.462 e. The molecule has 0 heterocycles. The van der Waals surface area contributed by atoms with Crippen molar-refractivity contribution in [3.63, 3.8) is 0 Å². The van der Waals surface area contributed by atoms with Crippen molar-refractivity contribution in [3.8, 4) is 0 Å². The van der Waals surface area contributed by atoms with Crippen LogP contribution >= 0.6 is 0 Å². The van der Waals surface area contributed by atoms with Crippen molar-refractivity contribution in [1.29, 1.82) is 0 Å². The van der Waals surface area contributed by atoms with Crippen LogP contribution in [0.5, 0.6) is 0 Å². The van der Waals surface area contributed by atoms with Gasteiger partial charge in [0.05, 0.1) is 0 Å². The van der Waals surface area contributed by atoms with E-state index in [1.54, 1.807) is 0 Å². The van der Waals surface area contributed by atoms with E-state index in [0.717, 1.165) is 19.3 Å². The zero-order valence-corrected chi connectivity index (χ0v) is 9.66. The average molecular weight is 215 g/mol. The summed E-state index contributed by atoms with van der Waals surface area (Å²) in [7, 11) is 3.84. The Balaban J connectivity index is 2.31. The molecule has 1 fully saturated rings. The van der Waals surface area contributed by atoms with Gasteiger partial charge < -0.3 is 14.7 Å². The van der Waals surface area contributed by atoms with Gasteiger partial charge in [-0.1, -0.05) is 6.42 Å². The van der Waals surface area contributed by atoms with E-state index in [9.17, 15) is 9.90 Å². The Hall–Kier alpha value is -0.610.